The second-order valence-corrected chi connectivity index (χ2v) is 16.3. The smallest absolute Gasteiger partial charge is 0.203 e. The normalized spacial score (nSPS) is 11.8. The Hall–Kier alpha value is -6.68. The van der Waals surface area contributed by atoms with Crippen LogP contribution in [0.4, 0.5) is 0 Å². The van der Waals surface area contributed by atoms with Crippen LogP contribution in [-0.4, -0.2) is 71.1 Å². The zero-order chi connectivity index (χ0) is 47.0. The quantitative estimate of drug-likeness (QED) is 0.0553. The molecule has 66 heavy (non-hydrogen) atoms. The van der Waals surface area contributed by atoms with Gasteiger partial charge in [0.05, 0.1) is 71.1 Å². The lowest BCUT2D eigenvalue weighted by atomic mass is 9.75. The number of aryl methyl sites for hydroxylation is 5. The topological polar surface area (TPSA) is 92.3 Å². The van der Waals surface area contributed by atoms with Crippen LogP contribution in [0.2, 0.25) is 0 Å². The molecule has 6 aromatic rings. The molecule has 0 saturated heterocycles. The largest absolute Gasteiger partial charge is 0.493 e. The first-order valence-electron chi connectivity index (χ1n) is 22.4. The highest BCUT2D eigenvalue weighted by molar-refractivity contribution is 5.55. The predicted molar refractivity (Wildman–Crippen MR) is 261 cm³/mol. The van der Waals surface area contributed by atoms with E-state index in [9.17, 15) is 0 Å². The SMILES string of the molecule is COc1ccc(CC[C@H](Cc2ccc(CCc3cc(OC)c(OC)c(OC)c3)cc2)[C@@H](Cc2ccc(CCc3cc(OC)c(OC)c(OC)c3)cc2)c2ccc(OC)c(OC)c2)cc1OC. The fourth-order valence-corrected chi connectivity index (χ4v) is 8.85. The van der Waals surface area contributed by atoms with Gasteiger partial charge in [-0.1, -0.05) is 60.7 Å². The van der Waals surface area contributed by atoms with E-state index >= 15 is 0 Å². The summed E-state index contributed by atoms with van der Waals surface area (Å²) in [4.78, 5) is 0. The fraction of sp³-hybridized carbons (Fsp3) is 0.357. The lowest BCUT2D eigenvalue weighted by molar-refractivity contribution is 0.324. The average molecular weight is 899 g/mol. The van der Waals surface area contributed by atoms with Crippen LogP contribution in [0.25, 0.3) is 0 Å². The van der Waals surface area contributed by atoms with E-state index < -0.39 is 0 Å². The number of benzene rings is 6. The zero-order valence-electron chi connectivity index (χ0n) is 40.3. The van der Waals surface area contributed by atoms with E-state index in [0.29, 0.717) is 40.2 Å². The number of hydrogen-bond acceptors (Lipinski definition) is 10. The van der Waals surface area contributed by atoms with Gasteiger partial charge in [0.25, 0.3) is 0 Å². The summed E-state index contributed by atoms with van der Waals surface area (Å²) in [7, 11) is 16.6. The van der Waals surface area contributed by atoms with E-state index in [2.05, 4.69) is 72.8 Å². The van der Waals surface area contributed by atoms with Gasteiger partial charge in [0.1, 0.15) is 0 Å². The third-order valence-electron chi connectivity index (χ3n) is 12.5. The molecular weight excluding hydrogens is 833 g/mol. The van der Waals surface area contributed by atoms with Gasteiger partial charge in [-0.2, -0.15) is 0 Å². The first-order chi connectivity index (χ1) is 32.2. The summed E-state index contributed by atoms with van der Waals surface area (Å²) in [5.74, 6) is 7.12. The molecule has 0 amide bonds. The van der Waals surface area contributed by atoms with Crippen molar-refractivity contribution in [3.63, 3.8) is 0 Å². The minimum atomic E-state index is 0.148. The molecular formula is C56H66O10. The fourth-order valence-electron chi connectivity index (χ4n) is 8.85. The van der Waals surface area contributed by atoms with Crippen LogP contribution in [0.1, 0.15) is 56.8 Å². The molecule has 6 rings (SSSR count). The van der Waals surface area contributed by atoms with E-state index in [1.165, 1.54) is 33.4 Å². The molecule has 2 atom stereocenters. The molecule has 6 aromatic carbocycles. The Bertz CT molecular complexity index is 2410. The van der Waals surface area contributed by atoms with Crippen molar-refractivity contribution in [1.82, 2.24) is 0 Å². The molecule has 0 bridgehead atoms. The standard InChI is InChI=1S/C56H66O10/c1-57-47-27-24-41(31-49(47)59-3)23-25-44(29-39-17-11-37(12-18-39)15-21-42-32-51(61-5)55(65-9)52(33-42)62-6)46(45-26-28-48(58-2)50(36-45)60-4)30-40-19-13-38(14-20-40)16-22-43-34-53(63-7)56(66-10)54(35-43)64-8/h11-14,17-20,24,26-28,31-36,44,46H,15-16,21-23,25,29-30H2,1-10H3/t44-,46-/m1/s1. The van der Waals surface area contributed by atoms with Crippen LogP contribution >= 0.6 is 0 Å². The highest BCUT2D eigenvalue weighted by atomic mass is 16.5. The highest BCUT2D eigenvalue weighted by Crippen LogP contribution is 2.42. The van der Waals surface area contributed by atoms with Gasteiger partial charge >= 0.3 is 0 Å². The number of methoxy groups -OCH3 is 10. The minimum absolute atomic E-state index is 0.148. The summed E-state index contributed by atoms with van der Waals surface area (Å²) in [6.07, 6.45) is 6.91. The molecule has 0 spiro atoms. The van der Waals surface area contributed by atoms with E-state index in [0.717, 1.165) is 79.7 Å². The molecule has 0 saturated carbocycles. The Balaban J connectivity index is 1.28. The van der Waals surface area contributed by atoms with Gasteiger partial charge in [0.15, 0.2) is 46.0 Å². The van der Waals surface area contributed by atoms with Crippen molar-refractivity contribution in [3.8, 4) is 57.5 Å². The van der Waals surface area contributed by atoms with Crippen molar-refractivity contribution < 1.29 is 47.4 Å². The molecule has 10 heteroatoms. The van der Waals surface area contributed by atoms with Crippen molar-refractivity contribution in [2.45, 2.75) is 57.3 Å². The maximum Gasteiger partial charge on any atom is 0.203 e. The Labute approximate surface area is 391 Å². The Morgan fingerprint density at radius 3 is 1.06 bits per heavy atom. The van der Waals surface area contributed by atoms with Crippen LogP contribution in [0.3, 0.4) is 0 Å². The Morgan fingerprint density at radius 2 is 0.636 bits per heavy atom. The maximum atomic E-state index is 5.88. The second-order valence-electron chi connectivity index (χ2n) is 16.3. The van der Waals surface area contributed by atoms with E-state index in [1.54, 1.807) is 71.1 Å². The monoisotopic (exact) mass is 898 g/mol. The van der Waals surface area contributed by atoms with Crippen LogP contribution in [0, 0.1) is 5.92 Å². The molecule has 0 N–H and O–H groups in total. The van der Waals surface area contributed by atoms with Gasteiger partial charge < -0.3 is 47.4 Å². The number of hydrogen-bond donors (Lipinski definition) is 0. The average Bonchev–Trinajstić information content (AvgIpc) is 3.37. The van der Waals surface area contributed by atoms with Crippen molar-refractivity contribution in [2.24, 2.45) is 5.92 Å². The van der Waals surface area contributed by atoms with Crippen molar-refractivity contribution in [2.75, 3.05) is 71.1 Å². The van der Waals surface area contributed by atoms with Crippen molar-refractivity contribution in [1.29, 1.82) is 0 Å². The highest BCUT2D eigenvalue weighted by Gasteiger charge is 2.26. The molecule has 350 valence electrons. The molecule has 0 unspecified atom stereocenters. The van der Waals surface area contributed by atoms with Gasteiger partial charge in [0.2, 0.25) is 11.5 Å². The van der Waals surface area contributed by atoms with Crippen molar-refractivity contribution >= 4 is 0 Å². The van der Waals surface area contributed by atoms with E-state index in [-0.39, 0.29) is 11.8 Å². The van der Waals surface area contributed by atoms with Crippen LogP contribution < -0.4 is 47.4 Å². The van der Waals surface area contributed by atoms with Crippen molar-refractivity contribution in [3.05, 3.63) is 154 Å². The third-order valence-corrected chi connectivity index (χ3v) is 12.5. The van der Waals surface area contributed by atoms with Crippen LogP contribution in [-0.2, 0) is 44.9 Å². The Morgan fingerprint density at radius 1 is 0.288 bits per heavy atom. The lowest BCUT2D eigenvalue weighted by Gasteiger charge is -2.29. The molecule has 0 aliphatic heterocycles. The zero-order valence-corrected chi connectivity index (χ0v) is 40.3. The first-order valence-corrected chi connectivity index (χ1v) is 22.4. The minimum Gasteiger partial charge on any atom is -0.493 e. The summed E-state index contributed by atoms with van der Waals surface area (Å²) in [6.45, 7) is 0. The summed E-state index contributed by atoms with van der Waals surface area (Å²) in [5.41, 5.74) is 9.71. The number of rotatable bonds is 25. The molecule has 0 aliphatic carbocycles. The van der Waals surface area contributed by atoms with Crippen LogP contribution in [0.5, 0.6) is 57.5 Å². The van der Waals surface area contributed by atoms with Gasteiger partial charge in [-0.15, -0.1) is 0 Å². The summed E-state index contributed by atoms with van der Waals surface area (Å²) in [6, 6.07) is 38.9. The summed E-state index contributed by atoms with van der Waals surface area (Å²) in [5, 5.41) is 0. The molecule has 0 aliphatic rings. The summed E-state index contributed by atoms with van der Waals surface area (Å²) >= 11 is 0. The molecule has 0 heterocycles. The lowest BCUT2D eigenvalue weighted by Crippen LogP contribution is -2.20. The Kier molecular flexibility index (Phi) is 17.7. The number of ether oxygens (including phenoxy) is 10. The molecule has 0 aromatic heterocycles. The van der Waals surface area contributed by atoms with E-state index in [4.69, 9.17) is 47.4 Å². The van der Waals surface area contributed by atoms with E-state index in [1.807, 2.05) is 36.4 Å². The van der Waals surface area contributed by atoms with Gasteiger partial charge in [-0.3, -0.25) is 0 Å². The summed E-state index contributed by atoms with van der Waals surface area (Å²) < 4.78 is 56.4. The maximum absolute atomic E-state index is 5.88. The van der Waals surface area contributed by atoms with Gasteiger partial charge in [-0.05, 0) is 156 Å². The molecule has 0 radical (unpaired) electrons. The molecule has 10 nitrogen and oxygen atoms in total. The van der Waals surface area contributed by atoms with Gasteiger partial charge in [-0.25, -0.2) is 0 Å². The predicted octanol–water partition coefficient (Wildman–Crippen LogP) is 11.2. The van der Waals surface area contributed by atoms with Gasteiger partial charge in [0, 0.05) is 0 Å². The molecule has 0 fully saturated rings. The second kappa shape index (κ2) is 24.0. The third kappa shape index (κ3) is 12.2. The first kappa shape index (κ1) is 48.8. The van der Waals surface area contributed by atoms with Crippen LogP contribution in [0.15, 0.2) is 109 Å².